The van der Waals surface area contributed by atoms with Gasteiger partial charge in [0.05, 0.1) is 0 Å². The molecule has 1 heterocycles. The molecule has 1 aliphatic rings. The Labute approximate surface area is 104 Å². The lowest BCUT2D eigenvalue weighted by atomic mass is 10.1. The van der Waals surface area contributed by atoms with Crippen molar-refractivity contribution in [1.29, 1.82) is 0 Å². The first kappa shape index (κ1) is 14.3. The van der Waals surface area contributed by atoms with E-state index in [1.807, 2.05) is 11.8 Å². The smallest absolute Gasteiger partial charge is 0.317 e. The number of urea groups is 1. The summed E-state index contributed by atoms with van der Waals surface area (Å²) in [6, 6.07) is 0.0706. The van der Waals surface area contributed by atoms with E-state index in [1.165, 1.54) is 0 Å². The number of nitrogens with one attached hydrogen (secondary N) is 1. The van der Waals surface area contributed by atoms with Gasteiger partial charge in [0, 0.05) is 32.7 Å². The molecule has 1 rings (SSSR count). The first-order chi connectivity index (χ1) is 8.17. The van der Waals surface area contributed by atoms with Crippen molar-refractivity contribution in [3.8, 4) is 0 Å². The first-order valence-corrected chi connectivity index (χ1v) is 6.62. The highest BCUT2D eigenvalue weighted by atomic mass is 16.2. The van der Waals surface area contributed by atoms with Crippen molar-refractivity contribution in [2.45, 2.75) is 20.3 Å². The summed E-state index contributed by atoms with van der Waals surface area (Å²) in [4.78, 5) is 16.0. The van der Waals surface area contributed by atoms with Crippen LogP contribution in [0.25, 0.3) is 0 Å². The van der Waals surface area contributed by atoms with Gasteiger partial charge >= 0.3 is 6.03 Å². The second-order valence-corrected chi connectivity index (χ2v) is 4.82. The van der Waals surface area contributed by atoms with Gasteiger partial charge in [-0.05, 0) is 32.4 Å². The number of rotatable bonds is 4. The number of hydrogen-bond acceptors (Lipinski definition) is 3. The van der Waals surface area contributed by atoms with Gasteiger partial charge in [0.25, 0.3) is 0 Å². The average Bonchev–Trinajstić information content (AvgIpc) is 2.55. The molecule has 0 bridgehead atoms. The monoisotopic (exact) mass is 242 g/mol. The summed E-state index contributed by atoms with van der Waals surface area (Å²) >= 11 is 0. The van der Waals surface area contributed by atoms with E-state index in [9.17, 15) is 4.79 Å². The third-order valence-electron chi connectivity index (χ3n) is 3.18. The van der Waals surface area contributed by atoms with Gasteiger partial charge in [-0.1, -0.05) is 6.92 Å². The Morgan fingerprint density at radius 1 is 1.35 bits per heavy atom. The van der Waals surface area contributed by atoms with Crippen LogP contribution in [-0.2, 0) is 0 Å². The second-order valence-electron chi connectivity index (χ2n) is 4.82. The Balaban J connectivity index is 2.36. The van der Waals surface area contributed by atoms with Crippen LogP contribution in [0.5, 0.6) is 0 Å². The van der Waals surface area contributed by atoms with E-state index in [2.05, 4.69) is 17.1 Å². The predicted octanol–water partition coefficient (Wildman–Crippen LogP) is 0.318. The number of carbonyl (C=O) groups excluding carboxylic acids is 1. The lowest BCUT2D eigenvalue weighted by Gasteiger charge is -2.24. The summed E-state index contributed by atoms with van der Waals surface area (Å²) in [7, 11) is 0. The maximum atomic E-state index is 11.7. The molecule has 5 nitrogen and oxygen atoms in total. The van der Waals surface area contributed by atoms with Gasteiger partial charge in [0.1, 0.15) is 0 Å². The van der Waals surface area contributed by atoms with Gasteiger partial charge in [0.15, 0.2) is 0 Å². The number of amides is 2. The van der Waals surface area contributed by atoms with Crippen molar-refractivity contribution in [3.05, 3.63) is 0 Å². The Hall–Kier alpha value is -0.810. The molecule has 5 heteroatoms. The molecule has 0 saturated carbocycles. The molecule has 1 unspecified atom stereocenters. The number of hydrogen-bond donors (Lipinski definition) is 2. The summed E-state index contributed by atoms with van der Waals surface area (Å²) in [5.41, 5.74) is 5.64. The minimum absolute atomic E-state index is 0.0706. The van der Waals surface area contributed by atoms with Crippen LogP contribution in [0.2, 0.25) is 0 Å². The molecule has 100 valence electrons. The van der Waals surface area contributed by atoms with E-state index in [1.54, 1.807) is 0 Å². The molecular formula is C12H26N4O. The number of nitrogens with zero attached hydrogens (tertiary/aromatic N) is 2. The Morgan fingerprint density at radius 3 is 2.76 bits per heavy atom. The standard InChI is InChI=1S/C12H26N4O/c1-3-14-12(17)16-6-4-5-15(7-8-16)10-11(2)9-13/h11H,3-10,13H2,1-2H3,(H,14,17). The predicted molar refractivity (Wildman–Crippen MR) is 69.9 cm³/mol. The van der Waals surface area contributed by atoms with Crippen LogP contribution in [-0.4, -0.2) is 61.6 Å². The van der Waals surface area contributed by atoms with Crippen molar-refractivity contribution in [2.75, 3.05) is 45.8 Å². The zero-order valence-electron chi connectivity index (χ0n) is 11.1. The zero-order valence-corrected chi connectivity index (χ0v) is 11.1. The summed E-state index contributed by atoms with van der Waals surface area (Å²) in [5, 5.41) is 2.86. The fourth-order valence-electron chi connectivity index (χ4n) is 2.13. The molecule has 0 radical (unpaired) electrons. The summed E-state index contributed by atoms with van der Waals surface area (Å²) in [6.45, 7) is 10.3. The van der Waals surface area contributed by atoms with Crippen LogP contribution >= 0.6 is 0 Å². The SMILES string of the molecule is CCNC(=O)N1CCCN(CC(C)CN)CC1. The fraction of sp³-hybridized carbons (Fsp3) is 0.917. The highest BCUT2D eigenvalue weighted by Crippen LogP contribution is 2.06. The van der Waals surface area contributed by atoms with Crippen LogP contribution in [0.4, 0.5) is 4.79 Å². The van der Waals surface area contributed by atoms with Gasteiger partial charge in [-0.3, -0.25) is 0 Å². The maximum absolute atomic E-state index is 11.7. The van der Waals surface area contributed by atoms with Crippen molar-refractivity contribution >= 4 is 6.03 Å². The first-order valence-electron chi connectivity index (χ1n) is 6.62. The molecule has 2 amide bonds. The molecule has 0 aromatic rings. The van der Waals surface area contributed by atoms with Gasteiger partial charge in [-0.15, -0.1) is 0 Å². The van der Waals surface area contributed by atoms with Gasteiger partial charge < -0.3 is 20.9 Å². The van der Waals surface area contributed by atoms with E-state index in [0.29, 0.717) is 12.5 Å². The van der Waals surface area contributed by atoms with Crippen LogP contribution < -0.4 is 11.1 Å². The van der Waals surface area contributed by atoms with E-state index in [0.717, 1.165) is 45.7 Å². The topological polar surface area (TPSA) is 61.6 Å². The van der Waals surface area contributed by atoms with Crippen LogP contribution in [0.3, 0.4) is 0 Å². The van der Waals surface area contributed by atoms with Gasteiger partial charge in [-0.25, -0.2) is 4.79 Å². The normalized spacial score (nSPS) is 19.8. The molecule has 1 fully saturated rings. The number of carbonyl (C=O) groups is 1. The molecule has 0 aromatic carbocycles. The minimum atomic E-state index is 0.0706. The summed E-state index contributed by atoms with van der Waals surface area (Å²) < 4.78 is 0. The van der Waals surface area contributed by atoms with Gasteiger partial charge in [-0.2, -0.15) is 0 Å². The van der Waals surface area contributed by atoms with Gasteiger partial charge in [0.2, 0.25) is 0 Å². The second kappa shape index (κ2) is 7.50. The molecule has 0 spiro atoms. The fourth-order valence-corrected chi connectivity index (χ4v) is 2.13. The number of nitrogens with two attached hydrogens (primary N) is 1. The van der Waals surface area contributed by atoms with Crippen LogP contribution in [0.15, 0.2) is 0 Å². The Bertz CT molecular complexity index is 235. The maximum Gasteiger partial charge on any atom is 0.317 e. The molecule has 1 saturated heterocycles. The van der Waals surface area contributed by atoms with Crippen LogP contribution in [0, 0.1) is 5.92 Å². The van der Waals surface area contributed by atoms with Crippen LogP contribution in [0.1, 0.15) is 20.3 Å². The van der Waals surface area contributed by atoms with Crippen molar-refractivity contribution < 1.29 is 4.79 Å². The zero-order chi connectivity index (χ0) is 12.7. The third-order valence-corrected chi connectivity index (χ3v) is 3.18. The highest BCUT2D eigenvalue weighted by molar-refractivity contribution is 5.74. The average molecular weight is 242 g/mol. The van der Waals surface area contributed by atoms with E-state index >= 15 is 0 Å². The highest BCUT2D eigenvalue weighted by Gasteiger charge is 2.19. The Morgan fingerprint density at radius 2 is 2.12 bits per heavy atom. The summed E-state index contributed by atoms with van der Waals surface area (Å²) in [6.07, 6.45) is 1.05. The third kappa shape index (κ3) is 4.91. The molecule has 3 N–H and O–H groups in total. The molecular weight excluding hydrogens is 216 g/mol. The largest absolute Gasteiger partial charge is 0.338 e. The van der Waals surface area contributed by atoms with E-state index in [4.69, 9.17) is 5.73 Å². The molecule has 1 aliphatic heterocycles. The van der Waals surface area contributed by atoms with Crippen molar-refractivity contribution in [2.24, 2.45) is 11.7 Å². The lowest BCUT2D eigenvalue weighted by Crippen LogP contribution is -2.42. The molecule has 0 aromatic heterocycles. The van der Waals surface area contributed by atoms with Crippen molar-refractivity contribution in [3.63, 3.8) is 0 Å². The molecule has 0 aliphatic carbocycles. The minimum Gasteiger partial charge on any atom is -0.338 e. The quantitative estimate of drug-likeness (QED) is 0.746. The molecule has 17 heavy (non-hydrogen) atoms. The van der Waals surface area contributed by atoms with Crippen molar-refractivity contribution in [1.82, 2.24) is 15.1 Å². The Kier molecular flexibility index (Phi) is 6.29. The summed E-state index contributed by atoms with van der Waals surface area (Å²) in [5.74, 6) is 0.533. The molecule has 1 atom stereocenters. The van der Waals surface area contributed by atoms with E-state index < -0.39 is 0 Å². The lowest BCUT2D eigenvalue weighted by molar-refractivity contribution is 0.197. The van der Waals surface area contributed by atoms with E-state index in [-0.39, 0.29) is 6.03 Å².